The summed E-state index contributed by atoms with van der Waals surface area (Å²) in [7, 11) is -7.59. The van der Waals surface area contributed by atoms with Gasteiger partial charge < -0.3 is 5.32 Å². The first-order chi connectivity index (χ1) is 12.6. The summed E-state index contributed by atoms with van der Waals surface area (Å²) >= 11 is 0. The van der Waals surface area contributed by atoms with Gasteiger partial charge in [0.1, 0.15) is 11.6 Å². The zero-order chi connectivity index (χ0) is 19.8. The highest BCUT2D eigenvalue weighted by atomic mass is 32.2. The molecule has 0 unspecified atom stereocenters. The number of aryl methyl sites for hydroxylation is 1. The molecule has 1 heterocycles. The molecule has 1 aliphatic heterocycles. The second kappa shape index (κ2) is 7.29. The third-order valence-electron chi connectivity index (χ3n) is 4.67. The van der Waals surface area contributed by atoms with Crippen molar-refractivity contribution in [2.24, 2.45) is 0 Å². The molecule has 3 rings (SSSR count). The lowest BCUT2D eigenvalue weighted by atomic mass is 10.2. The van der Waals surface area contributed by atoms with Crippen LogP contribution in [0.3, 0.4) is 0 Å². The smallest absolute Gasteiger partial charge is 0.183 e. The van der Waals surface area contributed by atoms with Crippen LogP contribution < -0.4 is 5.32 Å². The molecule has 5 nitrogen and oxygen atoms in total. The number of nitrogens with one attached hydrogen (secondary N) is 1. The highest BCUT2D eigenvalue weighted by Crippen LogP contribution is 2.27. The summed E-state index contributed by atoms with van der Waals surface area (Å²) < 4.78 is 77.4. The minimum absolute atomic E-state index is 0.00132. The van der Waals surface area contributed by atoms with Crippen molar-refractivity contribution in [1.29, 1.82) is 0 Å². The second-order valence-corrected chi connectivity index (χ2v) is 11.0. The summed E-state index contributed by atoms with van der Waals surface area (Å²) in [6.45, 7) is 1.44. The summed E-state index contributed by atoms with van der Waals surface area (Å²) in [5.74, 6) is -1.88. The lowest BCUT2D eigenvalue weighted by molar-refractivity contribution is 0.515. The van der Waals surface area contributed by atoms with Crippen LogP contribution in [0.15, 0.2) is 47.4 Å². The van der Waals surface area contributed by atoms with Crippen molar-refractivity contribution in [2.45, 2.75) is 29.7 Å². The molecule has 0 aliphatic carbocycles. The molecule has 1 saturated heterocycles. The highest BCUT2D eigenvalue weighted by Gasteiger charge is 2.45. The van der Waals surface area contributed by atoms with Crippen molar-refractivity contribution < 1.29 is 25.6 Å². The number of rotatable bonds is 5. The summed E-state index contributed by atoms with van der Waals surface area (Å²) in [4.78, 5) is -0.124. The van der Waals surface area contributed by atoms with E-state index in [-0.39, 0.29) is 22.8 Å². The number of benzene rings is 2. The third kappa shape index (κ3) is 4.20. The first-order valence-electron chi connectivity index (χ1n) is 8.27. The van der Waals surface area contributed by atoms with Crippen LogP contribution in [0.2, 0.25) is 0 Å². The lowest BCUT2D eigenvalue weighted by Gasteiger charge is -2.20. The maximum atomic E-state index is 13.8. The molecule has 1 aliphatic rings. The van der Waals surface area contributed by atoms with Crippen molar-refractivity contribution in [1.82, 2.24) is 5.32 Å². The van der Waals surface area contributed by atoms with Crippen LogP contribution in [0, 0.1) is 18.6 Å². The number of hydrogen-bond acceptors (Lipinski definition) is 5. The average molecular weight is 415 g/mol. The molecule has 2 atom stereocenters. The van der Waals surface area contributed by atoms with Gasteiger partial charge in [-0.2, -0.15) is 0 Å². The topological polar surface area (TPSA) is 80.3 Å². The van der Waals surface area contributed by atoms with E-state index in [2.05, 4.69) is 5.32 Å². The molecule has 27 heavy (non-hydrogen) atoms. The van der Waals surface area contributed by atoms with Gasteiger partial charge in [0.25, 0.3) is 0 Å². The Kier molecular flexibility index (Phi) is 5.38. The highest BCUT2D eigenvalue weighted by molar-refractivity contribution is 7.96. The Hall–Kier alpha value is -1.84. The Morgan fingerprint density at radius 3 is 2.44 bits per heavy atom. The van der Waals surface area contributed by atoms with E-state index >= 15 is 0 Å². The molecule has 2 aromatic rings. The van der Waals surface area contributed by atoms with Crippen molar-refractivity contribution >= 4 is 19.7 Å². The number of halogens is 2. The fraction of sp³-hybridized carbons (Fsp3) is 0.333. The van der Waals surface area contributed by atoms with Gasteiger partial charge in [0.2, 0.25) is 0 Å². The van der Waals surface area contributed by atoms with Crippen LogP contribution in [0.25, 0.3) is 0 Å². The maximum absolute atomic E-state index is 13.8. The van der Waals surface area contributed by atoms with E-state index in [1.165, 1.54) is 25.1 Å². The van der Waals surface area contributed by atoms with E-state index in [1.54, 1.807) is 12.1 Å². The molecular formula is C18H19F2NO4S2. The minimum atomic E-state index is -4.01. The summed E-state index contributed by atoms with van der Waals surface area (Å²) in [5, 5.41) is 1.65. The molecule has 9 heteroatoms. The van der Waals surface area contributed by atoms with Crippen LogP contribution in [-0.4, -0.2) is 39.6 Å². The van der Waals surface area contributed by atoms with Gasteiger partial charge in [0, 0.05) is 18.2 Å². The fourth-order valence-electron chi connectivity index (χ4n) is 3.16. The van der Waals surface area contributed by atoms with Crippen LogP contribution in [0.5, 0.6) is 0 Å². The van der Waals surface area contributed by atoms with E-state index in [4.69, 9.17) is 0 Å². The van der Waals surface area contributed by atoms with E-state index in [9.17, 15) is 25.6 Å². The van der Waals surface area contributed by atoms with E-state index in [0.29, 0.717) is 5.56 Å². The summed E-state index contributed by atoms with van der Waals surface area (Å²) in [6, 6.07) is 8.48. The lowest BCUT2D eigenvalue weighted by Crippen LogP contribution is -2.43. The Morgan fingerprint density at radius 2 is 1.78 bits per heavy atom. The molecule has 1 N–H and O–H groups in total. The first-order valence-corrected chi connectivity index (χ1v) is 11.6. The van der Waals surface area contributed by atoms with Gasteiger partial charge in [-0.3, -0.25) is 0 Å². The quantitative estimate of drug-likeness (QED) is 0.756. The first kappa shape index (κ1) is 19.9. The molecule has 0 aromatic heterocycles. The summed E-state index contributed by atoms with van der Waals surface area (Å²) in [6.07, 6.45) is 0. The molecule has 1 fully saturated rings. The maximum Gasteiger partial charge on any atom is 0.183 e. The van der Waals surface area contributed by atoms with Crippen LogP contribution in [0.1, 0.15) is 11.1 Å². The van der Waals surface area contributed by atoms with Crippen molar-refractivity contribution in [2.75, 3.05) is 11.5 Å². The standard InChI is InChI=1S/C18H19F2NO4S2/c1-12-8-14(6-7-15(12)19)27(24,25)18-11-26(22,23)10-17(18)21-9-13-4-2-3-5-16(13)20/h2-8,17-18,21H,9-11H2,1H3/t17-,18-/m0/s1. The SMILES string of the molecule is Cc1cc(S(=O)(=O)[C@H]2CS(=O)(=O)C[C@@H]2NCc2ccccc2F)ccc1F. The second-order valence-electron chi connectivity index (χ2n) is 6.65. The molecular weight excluding hydrogens is 396 g/mol. The number of hydrogen-bond donors (Lipinski definition) is 1. The van der Waals surface area contributed by atoms with Gasteiger partial charge in [-0.15, -0.1) is 0 Å². The van der Waals surface area contributed by atoms with Gasteiger partial charge in [-0.25, -0.2) is 25.6 Å². The minimum Gasteiger partial charge on any atom is -0.307 e. The Labute approximate surface area is 157 Å². The van der Waals surface area contributed by atoms with E-state index in [0.717, 1.165) is 12.1 Å². The van der Waals surface area contributed by atoms with Gasteiger partial charge >= 0.3 is 0 Å². The van der Waals surface area contributed by atoms with Crippen molar-refractivity contribution in [3.8, 4) is 0 Å². The van der Waals surface area contributed by atoms with Gasteiger partial charge in [0.05, 0.1) is 21.7 Å². The molecule has 0 amide bonds. The Balaban J connectivity index is 1.89. The van der Waals surface area contributed by atoms with E-state index in [1.807, 2.05) is 0 Å². The van der Waals surface area contributed by atoms with Crippen molar-refractivity contribution in [3.05, 3.63) is 65.2 Å². The molecule has 0 radical (unpaired) electrons. The molecule has 0 saturated carbocycles. The predicted molar refractivity (Wildman–Crippen MR) is 97.8 cm³/mol. The summed E-state index contributed by atoms with van der Waals surface area (Å²) in [5.41, 5.74) is 0.475. The Bertz CT molecular complexity index is 1070. The zero-order valence-corrected chi connectivity index (χ0v) is 16.2. The predicted octanol–water partition coefficient (Wildman–Crippen LogP) is 2.00. The number of sulfone groups is 2. The van der Waals surface area contributed by atoms with Gasteiger partial charge in [-0.1, -0.05) is 18.2 Å². The normalized spacial score (nSPS) is 22.0. The monoisotopic (exact) mass is 415 g/mol. The fourth-order valence-corrected chi connectivity index (χ4v) is 7.96. The largest absolute Gasteiger partial charge is 0.307 e. The van der Waals surface area contributed by atoms with Gasteiger partial charge in [0.15, 0.2) is 19.7 Å². The van der Waals surface area contributed by atoms with Crippen LogP contribution in [0.4, 0.5) is 8.78 Å². The molecule has 146 valence electrons. The van der Waals surface area contributed by atoms with Gasteiger partial charge in [-0.05, 0) is 36.8 Å². The van der Waals surface area contributed by atoms with E-state index < -0.39 is 48.4 Å². The molecule has 0 spiro atoms. The molecule has 0 bridgehead atoms. The zero-order valence-electron chi connectivity index (χ0n) is 14.5. The third-order valence-corrected chi connectivity index (χ3v) is 8.82. The van der Waals surface area contributed by atoms with Crippen LogP contribution in [-0.2, 0) is 26.2 Å². The van der Waals surface area contributed by atoms with Crippen LogP contribution >= 0.6 is 0 Å². The Morgan fingerprint density at radius 1 is 1.07 bits per heavy atom. The average Bonchev–Trinajstić information content (AvgIpc) is 2.92. The van der Waals surface area contributed by atoms with Crippen molar-refractivity contribution in [3.63, 3.8) is 0 Å². The molecule has 2 aromatic carbocycles.